The van der Waals surface area contributed by atoms with Gasteiger partial charge in [0, 0.05) is 16.9 Å². The molecule has 2 aromatic carbocycles. The van der Waals surface area contributed by atoms with E-state index in [4.69, 9.17) is 9.15 Å². The molecule has 0 aliphatic heterocycles. The van der Waals surface area contributed by atoms with Gasteiger partial charge in [-0.2, -0.15) is 0 Å². The van der Waals surface area contributed by atoms with Gasteiger partial charge < -0.3 is 25.1 Å². The normalized spacial score (nSPS) is 10.1. The van der Waals surface area contributed by atoms with Crippen molar-refractivity contribution >= 4 is 23.2 Å². The van der Waals surface area contributed by atoms with Crippen molar-refractivity contribution < 1.29 is 18.7 Å². The molecule has 0 aliphatic rings. The molecule has 0 spiro atoms. The molecule has 3 aromatic rings. The van der Waals surface area contributed by atoms with E-state index in [9.17, 15) is 9.59 Å². The molecule has 0 saturated carbocycles. The van der Waals surface area contributed by atoms with Crippen LogP contribution in [0.25, 0.3) is 0 Å². The Morgan fingerprint density at radius 2 is 1.87 bits per heavy atom. The molecule has 0 radical (unpaired) electrons. The second kappa shape index (κ2) is 10.5. The lowest BCUT2D eigenvalue weighted by Gasteiger charge is -2.10. The number of anilines is 2. The molecule has 1 aromatic heterocycles. The SMILES string of the molecule is C=CCOc1ccc(NC(=O)CNc2cccc(C(=O)NCc3ccco3)c2)cc1. The van der Waals surface area contributed by atoms with E-state index >= 15 is 0 Å². The van der Waals surface area contributed by atoms with E-state index in [1.165, 1.54) is 0 Å². The van der Waals surface area contributed by atoms with E-state index in [2.05, 4.69) is 22.5 Å². The number of benzene rings is 2. The Morgan fingerprint density at radius 3 is 2.60 bits per heavy atom. The van der Waals surface area contributed by atoms with Gasteiger partial charge in [-0.25, -0.2) is 0 Å². The van der Waals surface area contributed by atoms with Crippen molar-refractivity contribution in [3.8, 4) is 5.75 Å². The third kappa shape index (κ3) is 6.27. The first-order valence-electron chi connectivity index (χ1n) is 9.42. The Kier molecular flexibility index (Phi) is 7.27. The predicted octanol–water partition coefficient (Wildman–Crippen LogP) is 3.83. The first-order chi connectivity index (χ1) is 14.6. The van der Waals surface area contributed by atoms with Crippen LogP contribution in [0.1, 0.15) is 16.1 Å². The highest BCUT2D eigenvalue weighted by Gasteiger charge is 2.08. The first-order valence-corrected chi connectivity index (χ1v) is 9.42. The van der Waals surface area contributed by atoms with Crippen molar-refractivity contribution in [1.82, 2.24) is 5.32 Å². The number of amides is 2. The van der Waals surface area contributed by atoms with Gasteiger partial charge in [-0.05, 0) is 54.6 Å². The van der Waals surface area contributed by atoms with Gasteiger partial charge >= 0.3 is 0 Å². The number of nitrogens with one attached hydrogen (secondary N) is 3. The Morgan fingerprint density at radius 1 is 1.03 bits per heavy atom. The third-order valence-corrected chi connectivity index (χ3v) is 4.09. The van der Waals surface area contributed by atoms with E-state index in [0.29, 0.717) is 41.6 Å². The Bertz CT molecular complexity index is 982. The molecular formula is C23H23N3O4. The summed E-state index contributed by atoms with van der Waals surface area (Å²) in [5.41, 5.74) is 1.82. The summed E-state index contributed by atoms with van der Waals surface area (Å²) in [5.74, 6) is 0.948. The van der Waals surface area contributed by atoms with Crippen LogP contribution in [0.3, 0.4) is 0 Å². The van der Waals surface area contributed by atoms with Crippen LogP contribution in [-0.4, -0.2) is 25.0 Å². The monoisotopic (exact) mass is 405 g/mol. The lowest BCUT2D eigenvalue weighted by molar-refractivity contribution is -0.114. The molecule has 3 N–H and O–H groups in total. The van der Waals surface area contributed by atoms with Gasteiger partial charge in [0.25, 0.3) is 5.91 Å². The predicted molar refractivity (Wildman–Crippen MR) is 116 cm³/mol. The molecule has 0 saturated heterocycles. The minimum absolute atomic E-state index is 0.0617. The highest BCUT2D eigenvalue weighted by Crippen LogP contribution is 2.16. The van der Waals surface area contributed by atoms with Crippen LogP contribution in [0.15, 0.2) is 84.0 Å². The molecule has 2 amide bonds. The summed E-state index contributed by atoms with van der Waals surface area (Å²) >= 11 is 0. The fourth-order valence-corrected chi connectivity index (χ4v) is 2.63. The summed E-state index contributed by atoms with van der Waals surface area (Å²) in [4.78, 5) is 24.5. The Labute approximate surface area is 174 Å². The summed E-state index contributed by atoms with van der Waals surface area (Å²) in [6, 6.07) is 17.6. The number of furan rings is 1. The number of carbonyl (C=O) groups is 2. The fourth-order valence-electron chi connectivity index (χ4n) is 2.63. The van der Waals surface area contributed by atoms with Gasteiger partial charge in [0.05, 0.1) is 19.4 Å². The molecule has 7 heteroatoms. The summed E-state index contributed by atoms with van der Waals surface area (Å²) in [6.07, 6.45) is 3.22. The minimum atomic E-state index is -0.224. The molecule has 7 nitrogen and oxygen atoms in total. The molecule has 154 valence electrons. The largest absolute Gasteiger partial charge is 0.490 e. The van der Waals surface area contributed by atoms with Crippen molar-refractivity contribution in [2.24, 2.45) is 0 Å². The number of hydrogen-bond donors (Lipinski definition) is 3. The summed E-state index contributed by atoms with van der Waals surface area (Å²) < 4.78 is 10.6. The molecule has 0 atom stereocenters. The van der Waals surface area contributed by atoms with Crippen LogP contribution in [0.2, 0.25) is 0 Å². The zero-order valence-electron chi connectivity index (χ0n) is 16.4. The minimum Gasteiger partial charge on any atom is -0.490 e. The summed E-state index contributed by atoms with van der Waals surface area (Å²) in [5, 5.41) is 8.61. The van der Waals surface area contributed by atoms with Gasteiger partial charge in [-0.3, -0.25) is 9.59 Å². The van der Waals surface area contributed by atoms with Crippen LogP contribution in [-0.2, 0) is 11.3 Å². The second-order valence-corrected chi connectivity index (χ2v) is 6.37. The first kappa shape index (κ1) is 20.7. The number of carbonyl (C=O) groups excluding carboxylic acids is 2. The van der Waals surface area contributed by atoms with Crippen LogP contribution in [0.5, 0.6) is 5.75 Å². The summed E-state index contributed by atoms with van der Waals surface area (Å²) in [7, 11) is 0. The van der Waals surface area contributed by atoms with Crippen molar-refractivity contribution in [3.05, 3.63) is 90.9 Å². The molecule has 0 unspecified atom stereocenters. The lowest BCUT2D eigenvalue weighted by Crippen LogP contribution is -2.23. The van der Waals surface area contributed by atoms with Crippen molar-refractivity contribution in [1.29, 1.82) is 0 Å². The van der Waals surface area contributed by atoms with Crippen LogP contribution < -0.4 is 20.7 Å². The van der Waals surface area contributed by atoms with E-state index in [-0.39, 0.29) is 18.4 Å². The fraction of sp³-hybridized carbons (Fsp3) is 0.130. The van der Waals surface area contributed by atoms with Gasteiger partial charge in [0.1, 0.15) is 18.1 Å². The number of rotatable bonds is 10. The summed E-state index contributed by atoms with van der Waals surface area (Å²) in [6.45, 7) is 4.39. The molecule has 0 bridgehead atoms. The standard InChI is InChI=1S/C23H23N3O4/c1-2-12-29-20-10-8-18(9-11-20)26-22(27)16-24-19-6-3-5-17(14-19)23(28)25-15-21-7-4-13-30-21/h2-11,13-14,24H,1,12,15-16H2,(H,25,28)(H,26,27). The average molecular weight is 405 g/mol. The van der Waals surface area contributed by atoms with Crippen molar-refractivity contribution in [2.45, 2.75) is 6.54 Å². The topological polar surface area (TPSA) is 92.6 Å². The molecule has 0 fully saturated rings. The Balaban J connectivity index is 1.48. The van der Waals surface area contributed by atoms with E-state index in [1.54, 1.807) is 73.0 Å². The van der Waals surface area contributed by atoms with Gasteiger partial charge in [0.15, 0.2) is 0 Å². The van der Waals surface area contributed by atoms with E-state index in [0.717, 1.165) is 0 Å². The zero-order valence-corrected chi connectivity index (χ0v) is 16.4. The lowest BCUT2D eigenvalue weighted by atomic mass is 10.2. The van der Waals surface area contributed by atoms with Gasteiger partial charge in [-0.1, -0.05) is 18.7 Å². The van der Waals surface area contributed by atoms with Crippen LogP contribution in [0, 0.1) is 0 Å². The molecular weight excluding hydrogens is 382 g/mol. The van der Waals surface area contributed by atoms with Crippen molar-refractivity contribution in [2.75, 3.05) is 23.8 Å². The van der Waals surface area contributed by atoms with Gasteiger partial charge in [0.2, 0.25) is 5.91 Å². The third-order valence-electron chi connectivity index (χ3n) is 4.09. The highest BCUT2D eigenvalue weighted by molar-refractivity contribution is 5.96. The molecule has 0 aliphatic carbocycles. The average Bonchev–Trinajstić information content (AvgIpc) is 3.29. The molecule has 3 rings (SSSR count). The molecule has 30 heavy (non-hydrogen) atoms. The van der Waals surface area contributed by atoms with Gasteiger partial charge in [-0.15, -0.1) is 0 Å². The quantitative estimate of drug-likeness (QED) is 0.446. The van der Waals surface area contributed by atoms with Crippen LogP contribution in [0.4, 0.5) is 11.4 Å². The van der Waals surface area contributed by atoms with E-state index < -0.39 is 0 Å². The van der Waals surface area contributed by atoms with Crippen LogP contribution >= 0.6 is 0 Å². The number of ether oxygens (including phenoxy) is 1. The second-order valence-electron chi connectivity index (χ2n) is 6.37. The number of hydrogen-bond acceptors (Lipinski definition) is 5. The zero-order chi connectivity index (χ0) is 21.2. The highest BCUT2D eigenvalue weighted by atomic mass is 16.5. The molecule has 1 heterocycles. The maximum absolute atomic E-state index is 12.3. The smallest absolute Gasteiger partial charge is 0.251 e. The van der Waals surface area contributed by atoms with Crippen molar-refractivity contribution in [3.63, 3.8) is 0 Å². The maximum atomic E-state index is 12.3. The maximum Gasteiger partial charge on any atom is 0.251 e. The van der Waals surface area contributed by atoms with E-state index in [1.807, 2.05) is 0 Å². The Hall–Kier alpha value is -4.00.